The Balaban J connectivity index is 2.61. The van der Waals surface area contributed by atoms with Crippen LogP contribution in [0.4, 0.5) is 0 Å². The number of aliphatic carboxylic acids is 1. The van der Waals surface area contributed by atoms with Gasteiger partial charge in [-0.3, -0.25) is 4.79 Å². The van der Waals surface area contributed by atoms with E-state index in [2.05, 4.69) is 23.8 Å². The van der Waals surface area contributed by atoms with Crippen LogP contribution in [0.5, 0.6) is 0 Å². The van der Waals surface area contributed by atoms with E-state index in [1.807, 2.05) is 0 Å². The van der Waals surface area contributed by atoms with Crippen LogP contribution in [0.2, 0.25) is 0 Å². The van der Waals surface area contributed by atoms with Crippen LogP contribution in [0.1, 0.15) is 25.2 Å². The molecule has 1 unspecified atom stereocenters. The highest BCUT2D eigenvalue weighted by atomic mass is 16.4. The van der Waals surface area contributed by atoms with Crippen LogP contribution in [0.15, 0.2) is 12.4 Å². The van der Waals surface area contributed by atoms with Gasteiger partial charge in [-0.25, -0.2) is 9.97 Å². The summed E-state index contributed by atoms with van der Waals surface area (Å²) in [7, 11) is 0. The lowest BCUT2D eigenvalue weighted by molar-refractivity contribution is -0.138. The van der Waals surface area contributed by atoms with E-state index in [1.165, 1.54) is 0 Å². The molecule has 1 aromatic rings. The van der Waals surface area contributed by atoms with Crippen molar-refractivity contribution in [3.63, 3.8) is 0 Å². The molecule has 1 heterocycles. The monoisotopic (exact) mass is 223 g/mol. The van der Waals surface area contributed by atoms with Crippen LogP contribution < -0.4 is 5.73 Å². The summed E-state index contributed by atoms with van der Waals surface area (Å²) in [4.78, 5) is 18.7. The molecule has 0 aromatic carbocycles. The maximum absolute atomic E-state index is 10.5. The number of hydrogen-bond donors (Lipinski definition) is 2. The molecule has 16 heavy (non-hydrogen) atoms. The van der Waals surface area contributed by atoms with Gasteiger partial charge in [-0.2, -0.15) is 0 Å². The van der Waals surface area contributed by atoms with E-state index in [0.717, 1.165) is 12.0 Å². The van der Waals surface area contributed by atoms with E-state index in [4.69, 9.17) is 10.8 Å². The molecule has 3 N–H and O–H groups in total. The van der Waals surface area contributed by atoms with Gasteiger partial charge in [0.05, 0.1) is 0 Å². The van der Waals surface area contributed by atoms with Gasteiger partial charge in [-0.1, -0.05) is 13.8 Å². The largest absolute Gasteiger partial charge is 0.480 e. The lowest BCUT2D eigenvalue weighted by Crippen LogP contribution is -2.32. The molecule has 5 heteroatoms. The topological polar surface area (TPSA) is 89.1 Å². The first-order valence-electron chi connectivity index (χ1n) is 5.27. The van der Waals surface area contributed by atoms with E-state index in [1.54, 1.807) is 12.4 Å². The first-order valence-corrected chi connectivity index (χ1v) is 5.27. The lowest BCUT2D eigenvalue weighted by Gasteiger charge is -2.07. The van der Waals surface area contributed by atoms with Crippen molar-refractivity contribution in [2.75, 3.05) is 0 Å². The van der Waals surface area contributed by atoms with Gasteiger partial charge in [0, 0.05) is 18.8 Å². The number of aromatic nitrogens is 2. The average molecular weight is 223 g/mol. The van der Waals surface area contributed by atoms with Crippen molar-refractivity contribution in [1.82, 2.24) is 9.97 Å². The van der Waals surface area contributed by atoms with E-state index < -0.39 is 12.0 Å². The second-order valence-electron chi connectivity index (χ2n) is 4.25. The highest BCUT2D eigenvalue weighted by Crippen LogP contribution is 2.05. The van der Waals surface area contributed by atoms with Crippen LogP contribution in [0.3, 0.4) is 0 Å². The molecule has 0 saturated carbocycles. The van der Waals surface area contributed by atoms with Crippen molar-refractivity contribution in [1.29, 1.82) is 0 Å². The minimum absolute atomic E-state index is 0.164. The van der Waals surface area contributed by atoms with Gasteiger partial charge in [-0.05, 0) is 17.9 Å². The minimum atomic E-state index is -1.03. The fourth-order valence-corrected chi connectivity index (χ4v) is 1.35. The molecule has 1 rings (SSSR count). The fourth-order valence-electron chi connectivity index (χ4n) is 1.35. The summed E-state index contributed by atoms with van der Waals surface area (Å²) in [6.07, 6.45) is 4.55. The van der Waals surface area contributed by atoms with Gasteiger partial charge in [0.25, 0.3) is 0 Å². The van der Waals surface area contributed by atoms with Gasteiger partial charge < -0.3 is 10.8 Å². The van der Waals surface area contributed by atoms with E-state index in [-0.39, 0.29) is 6.42 Å². The first-order chi connectivity index (χ1) is 7.49. The predicted octanol–water partition coefficient (Wildman–Crippen LogP) is 0.629. The van der Waals surface area contributed by atoms with Crippen molar-refractivity contribution in [2.45, 2.75) is 32.7 Å². The molecule has 1 atom stereocenters. The zero-order valence-electron chi connectivity index (χ0n) is 9.55. The van der Waals surface area contributed by atoms with E-state index in [9.17, 15) is 4.79 Å². The molecule has 0 aliphatic heterocycles. The standard InChI is InChI=1S/C11H17N3O2/c1-7(2)3-8-5-13-10(14-6-8)4-9(12)11(15)16/h5-7,9H,3-4,12H2,1-2H3,(H,15,16). The second kappa shape index (κ2) is 5.55. The number of nitrogens with two attached hydrogens (primary N) is 1. The average Bonchev–Trinajstić information content (AvgIpc) is 2.20. The van der Waals surface area contributed by atoms with Gasteiger partial charge >= 0.3 is 5.97 Å². The molecule has 5 nitrogen and oxygen atoms in total. The number of carbonyl (C=O) groups is 1. The number of rotatable bonds is 5. The molecule has 88 valence electrons. The van der Waals surface area contributed by atoms with Crippen molar-refractivity contribution in [3.8, 4) is 0 Å². The number of carboxylic acid groups (broad SMARTS) is 1. The molecular weight excluding hydrogens is 206 g/mol. The maximum atomic E-state index is 10.5. The normalized spacial score (nSPS) is 12.8. The summed E-state index contributed by atoms with van der Waals surface area (Å²) in [6, 6.07) is -0.934. The zero-order chi connectivity index (χ0) is 12.1. The molecule has 0 aliphatic carbocycles. The smallest absolute Gasteiger partial charge is 0.320 e. The van der Waals surface area contributed by atoms with Crippen molar-refractivity contribution in [2.24, 2.45) is 11.7 Å². The summed E-state index contributed by atoms with van der Waals surface area (Å²) in [5, 5.41) is 8.64. The molecule has 0 bridgehead atoms. The Hall–Kier alpha value is -1.49. The molecule has 0 spiro atoms. The molecule has 0 saturated heterocycles. The fraction of sp³-hybridized carbons (Fsp3) is 0.545. The summed E-state index contributed by atoms with van der Waals surface area (Å²) in [6.45, 7) is 4.24. The van der Waals surface area contributed by atoms with E-state index in [0.29, 0.717) is 11.7 Å². The van der Waals surface area contributed by atoms with E-state index >= 15 is 0 Å². The highest BCUT2D eigenvalue weighted by Gasteiger charge is 2.13. The Labute approximate surface area is 94.7 Å². The van der Waals surface area contributed by atoms with Gasteiger partial charge in [0.15, 0.2) is 0 Å². The Morgan fingerprint density at radius 2 is 1.94 bits per heavy atom. The molecule has 0 fully saturated rings. The predicted molar refractivity (Wildman–Crippen MR) is 59.9 cm³/mol. The molecule has 0 amide bonds. The van der Waals surface area contributed by atoms with Gasteiger partial charge in [0.2, 0.25) is 0 Å². The molecular formula is C11H17N3O2. The SMILES string of the molecule is CC(C)Cc1cnc(CC(N)C(=O)O)nc1. The van der Waals surface area contributed by atoms with Crippen LogP contribution >= 0.6 is 0 Å². The summed E-state index contributed by atoms with van der Waals surface area (Å²) >= 11 is 0. The summed E-state index contributed by atoms with van der Waals surface area (Å²) < 4.78 is 0. The van der Waals surface area contributed by atoms with Crippen LogP contribution in [-0.4, -0.2) is 27.1 Å². The molecule has 0 aliphatic rings. The van der Waals surface area contributed by atoms with Crippen LogP contribution in [-0.2, 0) is 17.6 Å². The Kier molecular flexibility index (Phi) is 4.37. The summed E-state index contributed by atoms with van der Waals surface area (Å²) in [5.74, 6) is -0.00649. The summed E-state index contributed by atoms with van der Waals surface area (Å²) in [5.41, 5.74) is 6.45. The number of nitrogens with zero attached hydrogens (tertiary/aromatic N) is 2. The first kappa shape index (κ1) is 12.6. The minimum Gasteiger partial charge on any atom is -0.480 e. The Morgan fingerprint density at radius 1 is 1.38 bits per heavy atom. The Bertz CT molecular complexity index is 349. The van der Waals surface area contributed by atoms with Crippen molar-refractivity contribution >= 4 is 5.97 Å². The van der Waals surface area contributed by atoms with Crippen LogP contribution in [0, 0.1) is 5.92 Å². The van der Waals surface area contributed by atoms with Crippen LogP contribution in [0.25, 0.3) is 0 Å². The van der Waals surface area contributed by atoms with Crippen molar-refractivity contribution < 1.29 is 9.90 Å². The lowest BCUT2D eigenvalue weighted by atomic mass is 10.1. The highest BCUT2D eigenvalue weighted by molar-refractivity contribution is 5.73. The number of carboxylic acids is 1. The molecule has 0 radical (unpaired) electrons. The second-order valence-corrected chi connectivity index (χ2v) is 4.25. The van der Waals surface area contributed by atoms with Crippen molar-refractivity contribution in [3.05, 3.63) is 23.8 Å². The maximum Gasteiger partial charge on any atom is 0.320 e. The number of hydrogen-bond acceptors (Lipinski definition) is 4. The third kappa shape index (κ3) is 3.94. The van der Waals surface area contributed by atoms with Gasteiger partial charge in [0.1, 0.15) is 11.9 Å². The third-order valence-corrected chi connectivity index (χ3v) is 2.12. The zero-order valence-corrected chi connectivity index (χ0v) is 9.55. The quantitative estimate of drug-likeness (QED) is 0.764. The molecule has 1 aromatic heterocycles. The third-order valence-electron chi connectivity index (χ3n) is 2.12. The Morgan fingerprint density at radius 3 is 2.38 bits per heavy atom. The van der Waals surface area contributed by atoms with Gasteiger partial charge in [-0.15, -0.1) is 0 Å².